The SMILES string of the molecule is Cc1cc(N)ccc1C(=O)NC(C)c1ccccc1. The van der Waals surface area contributed by atoms with E-state index in [-0.39, 0.29) is 11.9 Å². The molecule has 0 heterocycles. The van der Waals surface area contributed by atoms with E-state index in [1.807, 2.05) is 50.2 Å². The molecular formula is C16H18N2O. The number of hydrogen-bond acceptors (Lipinski definition) is 2. The summed E-state index contributed by atoms with van der Waals surface area (Å²) in [5.41, 5.74) is 9.00. The van der Waals surface area contributed by atoms with Crippen molar-refractivity contribution < 1.29 is 4.79 Å². The Kier molecular flexibility index (Phi) is 3.85. The van der Waals surface area contributed by atoms with Crippen molar-refractivity contribution in [3.05, 3.63) is 65.2 Å². The van der Waals surface area contributed by atoms with Gasteiger partial charge in [0.05, 0.1) is 6.04 Å². The molecule has 98 valence electrons. The van der Waals surface area contributed by atoms with Gasteiger partial charge in [-0.25, -0.2) is 0 Å². The highest BCUT2D eigenvalue weighted by atomic mass is 16.1. The highest BCUT2D eigenvalue weighted by Crippen LogP contribution is 2.15. The molecule has 19 heavy (non-hydrogen) atoms. The Hall–Kier alpha value is -2.29. The lowest BCUT2D eigenvalue weighted by molar-refractivity contribution is 0.0939. The maximum Gasteiger partial charge on any atom is 0.252 e. The number of carbonyl (C=O) groups excluding carboxylic acids is 1. The number of carbonyl (C=O) groups is 1. The van der Waals surface area contributed by atoms with Crippen LogP contribution in [0, 0.1) is 6.92 Å². The van der Waals surface area contributed by atoms with Gasteiger partial charge in [0, 0.05) is 11.3 Å². The number of nitrogens with two attached hydrogens (primary N) is 1. The lowest BCUT2D eigenvalue weighted by Gasteiger charge is -2.15. The zero-order chi connectivity index (χ0) is 13.8. The number of hydrogen-bond donors (Lipinski definition) is 2. The molecule has 0 saturated carbocycles. The van der Waals surface area contributed by atoms with Crippen molar-refractivity contribution in [3.63, 3.8) is 0 Å². The summed E-state index contributed by atoms with van der Waals surface area (Å²) >= 11 is 0. The molecule has 2 rings (SSSR count). The molecule has 0 aliphatic heterocycles. The first-order chi connectivity index (χ1) is 9.08. The van der Waals surface area contributed by atoms with Gasteiger partial charge >= 0.3 is 0 Å². The Labute approximate surface area is 113 Å². The molecule has 0 aliphatic carbocycles. The number of nitrogens with one attached hydrogen (secondary N) is 1. The molecule has 0 radical (unpaired) electrons. The summed E-state index contributed by atoms with van der Waals surface area (Å²) in [5, 5.41) is 2.99. The number of nitrogen functional groups attached to an aromatic ring is 1. The van der Waals surface area contributed by atoms with Crippen LogP contribution in [0.1, 0.15) is 34.5 Å². The predicted molar refractivity (Wildman–Crippen MR) is 77.9 cm³/mol. The second-order valence-electron chi connectivity index (χ2n) is 4.68. The molecule has 3 nitrogen and oxygen atoms in total. The summed E-state index contributed by atoms with van der Waals surface area (Å²) in [6.45, 7) is 3.86. The van der Waals surface area contributed by atoms with E-state index in [2.05, 4.69) is 5.32 Å². The van der Waals surface area contributed by atoms with E-state index < -0.39 is 0 Å². The highest BCUT2D eigenvalue weighted by Gasteiger charge is 2.13. The van der Waals surface area contributed by atoms with E-state index in [9.17, 15) is 4.79 Å². The van der Waals surface area contributed by atoms with E-state index in [1.54, 1.807) is 12.1 Å². The summed E-state index contributed by atoms with van der Waals surface area (Å²) in [6, 6.07) is 15.2. The molecule has 2 aromatic carbocycles. The van der Waals surface area contributed by atoms with Crippen LogP contribution in [0.15, 0.2) is 48.5 Å². The van der Waals surface area contributed by atoms with Gasteiger partial charge in [0.2, 0.25) is 0 Å². The Balaban J connectivity index is 2.13. The molecule has 1 atom stereocenters. The van der Waals surface area contributed by atoms with E-state index in [4.69, 9.17) is 5.73 Å². The Morgan fingerprint density at radius 3 is 2.47 bits per heavy atom. The Morgan fingerprint density at radius 1 is 1.16 bits per heavy atom. The summed E-state index contributed by atoms with van der Waals surface area (Å²) in [6.07, 6.45) is 0. The number of amides is 1. The van der Waals surface area contributed by atoms with Gasteiger partial charge in [-0.05, 0) is 43.2 Å². The third-order valence-electron chi connectivity index (χ3n) is 3.14. The zero-order valence-corrected chi connectivity index (χ0v) is 11.2. The van der Waals surface area contributed by atoms with Crippen LogP contribution in [-0.2, 0) is 0 Å². The fourth-order valence-corrected chi connectivity index (χ4v) is 2.04. The maximum absolute atomic E-state index is 12.2. The number of anilines is 1. The van der Waals surface area contributed by atoms with E-state index >= 15 is 0 Å². The number of aryl methyl sites for hydroxylation is 1. The summed E-state index contributed by atoms with van der Waals surface area (Å²) in [7, 11) is 0. The molecule has 0 saturated heterocycles. The third kappa shape index (κ3) is 3.13. The standard InChI is InChI=1S/C16H18N2O/c1-11-10-14(17)8-9-15(11)16(19)18-12(2)13-6-4-3-5-7-13/h3-10,12H,17H2,1-2H3,(H,18,19). The minimum absolute atomic E-state index is 0.0225. The van der Waals surface area contributed by atoms with Gasteiger partial charge in [0.25, 0.3) is 5.91 Å². The molecule has 2 aromatic rings. The van der Waals surface area contributed by atoms with Crippen LogP contribution < -0.4 is 11.1 Å². The van der Waals surface area contributed by atoms with E-state index in [0.29, 0.717) is 11.3 Å². The molecule has 0 bridgehead atoms. The predicted octanol–water partition coefficient (Wildman–Crippen LogP) is 3.07. The molecule has 3 heteroatoms. The number of rotatable bonds is 3. The second kappa shape index (κ2) is 5.57. The minimum atomic E-state index is -0.0751. The smallest absolute Gasteiger partial charge is 0.252 e. The van der Waals surface area contributed by atoms with Crippen LogP contribution in [0.2, 0.25) is 0 Å². The first kappa shape index (κ1) is 13.1. The van der Waals surface area contributed by atoms with Gasteiger partial charge in [0.15, 0.2) is 0 Å². The van der Waals surface area contributed by atoms with E-state index in [0.717, 1.165) is 11.1 Å². The average molecular weight is 254 g/mol. The molecule has 0 aromatic heterocycles. The third-order valence-corrected chi connectivity index (χ3v) is 3.14. The van der Waals surface area contributed by atoms with Crippen LogP contribution in [0.25, 0.3) is 0 Å². The molecule has 3 N–H and O–H groups in total. The topological polar surface area (TPSA) is 55.1 Å². The highest BCUT2D eigenvalue weighted by molar-refractivity contribution is 5.96. The fraction of sp³-hybridized carbons (Fsp3) is 0.188. The molecule has 0 aliphatic rings. The monoisotopic (exact) mass is 254 g/mol. The van der Waals surface area contributed by atoms with Crippen LogP contribution in [-0.4, -0.2) is 5.91 Å². The van der Waals surface area contributed by atoms with Gasteiger partial charge in [-0.15, -0.1) is 0 Å². The fourth-order valence-electron chi connectivity index (χ4n) is 2.04. The average Bonchev–Trinajstić information content (AvgIpc) is 2.39. The normalized spacial score (nSPS) is 11.9. The van der Waals surface area contributed by atoms with Gasteiger partial charge in [-0.2, -0.15) is 0 Å². The second-order valence-corrected chi connectivity index (χ2v) is 4.68. The zero-order valence-electron chi connectivity index (χ0n) is 11.2. The van der Waals surface area contributed by atoms with Crippen LogP contribution in [0.3, 0.4) is 0 Å². The molecule has 0 fully saturated rings. The summed E-state index contributed by atoms with van der Waals surface area (Å²) in [4.78, 5) is 12.2. The van der Waals surface area contributed by atoms with E-state index in [1.165, 1.54) is 0 Å². The van der Waals surface area contributed by atoms with Crippen molar-refractivity contribution in [2.75, 3.05) is 5.73 Å². The van der Waals surface area contributed by atoms with Crippen LogP contribution in [0.4, 0.5) is 5.69 Å². The van der Waals surface area contributed by atoms with Gasteiger partial charge in [0.1, 0.15) is 0 Å². The van der Waals surface area contributed by atoms with Crippen molar-refractivity contribution in [3.8, 4) is 0 Å². The molecular weight excluding hydrogens is 236 g/mol. The summed E-state index contributed by atoms with van der Waals surface area (Å²) < 4.78 is 0. The van der Waals surface area contributed by atoms with Crippen molar-refractivity contribution in [2.45, 2.75) is 19.9 Å². The van der Waals surface area contributed by atoms with Crippen molar-refractivity contribution >= 4 is 11.6 Å². The quantitative estimate of drug-likeness (QED) is 0.827. The Bertz CT molecular complexity index is 579. The maximum atomic E-state index is 12.2. The summed E-state index contributed by atoms with van der Waals surface area (Å²) in [5.74, 6) is -0.0751. The van der Waals surface area contributed by atoms with Crippen molar-refractivity contribution in [1.82, 2.24) is 5.32 Å². The molecule has 1 unspecified atom stereocenters. The lowest BCUT2D eigenvalue weighted by atomic mass is 10.1. The minimum Gasteiger partial charge on any atom is -0.399 e. The van der Waals surface area contributed by atoms with Crippen LogP contribution in [0.5, 0.6) is 0 Å². The van der Waals surface area contributed by atoms with Gasteiger partial charge < -0.3 is 11.1 Å². The first-order valence-electron chi connectivity index (χ1n) is 6.30. The largest absolute Gasteiger partial charge is 0.399 e. The van der Waals surface area contributed by atoms with Gasteiger partial charge in [-0.3, -0.25) is 4.79 Å². The van der Waals surface area contributed by atoms with Crippen molar-refractivity contribution in [2.24, 2.45) is 0 Å². The molecule has 0 spiro atoms. The molecule has 1 amide bonds. The van der Waals surface area contributed by atoms with Gasteiger partial charge in [-0.1, -0.05) is 30.3 Å². The Morgan fingerprint density at radius 2 is 1.84 bits per heavy atom. The van der Waals surface area contributed by atoms with Crippen LogP contribution >= 0.6 is 0 Å². The number of benzene rings is 2. The lowest BCUT2D eigenvalue weighted by Crippen LogP contribution is -2.27. The first-order valence-corrected chi connectivity index (χ1v) is 6.30. The van der Waals surface area contributed by atoms with Crippen molar-refractivity contribution in [1.29, 1.82) is 0 Å².